The standard InChI is InChI=1S/C32H31NO13/c1-16-7-10-22(17(2)13-16)33-29(36)27(45-31(39)20-8-11-23(43-18(3)34)25(14-20)41-5)28(30(37)38)46-32(40)21-9-12-24(44-19(4)35)26(15-21)42-6/h7-15,27-28H,1-6H3,(H,33,36)(H,37,38)/t27-,28-/m1/s1. The smallest absolute Gasteiger partial charge is 0.349 e. The summed E-state index contributed by atoms with van der Waals surface area (Å²) in [5, 5.41) is 12.6. The van der Waals surface area contributed by atoms with Gasteiger partial charge in [0.15, 0.2) is 23.0 Å². The summed E-state index contributed by atoms with van der Waals surface area (Å²) in [6.07, 6.45) is -4.56. The fraction of sp³-hybridized carbons (Fsp3) is 0.250. The molecular weight excluding hydrogens is 606 g/mol. The van der Waals surface area contributed by atoms with E-state index in [4.69, 9.17) is 28.4 Å². The number of benzene rings is 3. The van der Waals surface area contributed by atoms with Gasteiger partial charge in [-0.05, 0) is 61.9 Å². The summed E-state index contributed by atoms with van der Waals surface area (Å²) < 4.78 is 30.9. The average Bonchev–Trinajstić information content (AvgIpc) is 2.99. The van der Waals surface area contributed by atoms with E-state index in [2.05, 4.69) is 5.32 Å². The minimum atomic E-state index is -2.34. The maximum absolute atomic E-state index is 13.5. The number of aliphatic carboxylic acids is 1. The second-order valence-corrected chi connectivity index (χ2v) is 9.72. The largest absolute Gasteiger partial charge is 0.493 e. The van der Waals surface area contributed by atoms with E-state index in [0.717, 1.165) is 31.5 Å². The molecule has 0 saturated heterocycles. The minimum Gasteiger partial charge on any atom is -0.493 e. The first-order chi connectivity index (χ1) is 21.7. The van der Waals surface area contributed by atoms with E-state index in [1.54, 1.807) is 25.1 Å². The Morgan fingerprint density at radius 1 is 0.652 bits per heavy atom. The number of anilines is 1. The molecule has 2 atom stereocenters. The third-order valence-electron chi connectivity index (χ3n) is 6.19. The van der Waals surface area contributed by atoms with Crippen LogP contribution in [-0.4, -0.2) is 67.3 Å². The first kappa shape index (κ1) is 34.6. The van der Waals surface area contributed by atoms with Crippen LogP contribution in [0.1, 0.15) is 45.7 Å². The molecule has 14 nitrogen and oxygen atoms in total. The molecule has 46 heavy (non-hydrogen) atoms. The molecule has 0 aliphatic rings. The number of carbonyl (C=O) groups is 6. The van der Waals surface area contributed by atoms with Gasteiger partial charge in [-0.2, -0.15) is 0 Å². The fourth-order valence-corrected chi connectivity index (χ4v) is 4.09. The van der Waals surface area contributed by atoms with Gasteiger partial charge in [0.2, 0.25) is 12.2 Å². The van der Waals surface area contributed by atoms with Gasteiger partial charge in [-0.3, -0.25) is 14.4 Å². The van der Waals surface area contributed by atoms with Gasteiger partial charge in [0.1, 0.15) is 0 Å². The molecular formula is C32H31NO13. The molecule has 1 amide bonds. The normalized spacial score (nSPS) is 11.7. The van der Waals surface area contributed by atoms with Gasteiger partial charge in [0, 0.05) is 19.5 Å². The lowest BCUT2D eigenvalue weighted by Gasteiger charge is -2.24. The molecule has 0 aliphatic carbocycles. The zero-order chi connectivity index (χ0) is 34.1. The van der Waals surface area contributed by atoms with Crippen molar-refractivity contribution < 1.29 is 62.3 Å². The molecule has 3 aromatic carbocycles. The second-order valence-electron chi connectivity index (χ2n) is 9.72. The Morgan fingerprint density at radius 3 is 1.54 bits per heavy atom. The lowest BCUT2D eigenvalue weighted by Crippen LogP contribution is -2.48. The Morgan fingerprint density at radius 2 is 1.13 bits per heavy atom. The molecule has 3 aromatic rings. The molecule has 242 valence electrons. The number of carboxylic acids is 1. The predicted molar refractivity (Wildman–Crippen MR) is 159 cm³/mol. The number of hydrogen-bond acceptors (Lipinski definition) is 12. The Bertz CT molecular complexity index is 1680. The Balaban J connectivity index is 1.99. The van der Waals surface area contributed by atoms with Crippen LogP contribution in [-0.2, 0) is 28.7 Å². The number of nitrogens with one attached hydrogen (secondary N) is 1. The van der Waals surface area contributed by atoms with Crippen LogP contribution in [0.4, 0.5) is 5.69 Å². The third kappa shape index (κ3) is 8.81. The van der Waals surface area contributed by atoms with Crippen molar-refractivity contribution in [2.24, 2.45) is 0 Å². The summed E-state index contributed by atoms with van der Waals surface area (Å²) in [7, 11) is 2.50. The number of esters is 4. The monoisotopic (exact) mass is 637 g/mol. The van der Waals surface area contributed by atoms with Crippen molar-refractivity contribution in [3.63, 3.8) is 0 Å². The maximum Gasteiger partial charge on any atom is 0.349 e. The van der Waals surface area contributed by atoms with Gasteiger partial charge in [-0.25, -0.2) is 14.4 Å². The SMILES string of the molecule is COc1cc(C(=O)O[C@@H](C(=O)O)[C@@H](OC(=O)c2ccc(OC(C)=O)c(OC)c2)C(=O)Nc2ccc(C)cc2C)ccc1OC(C)=O. The van der Waals surface area contributed by atoms with E-state index in [-0.39, 0.29) is 39.8 Å². The maximum atomic E-state index is 13.5. The van der Waals surface area contributed by atoms with E-state index >= 15 is 0 Å². The summed E-state index contributed by atoms with van der Waals surface area (Å²) in [6, 6.07) is 12.1. The summed E-state index contributed by atoms with van der Waals surface area (Å²) >= 11 is 0. The Hall–Kier alpha value is -5.92. The highest BCUT2D eigenvalue weighted by Gasteiger charge is 2.41. The highest BCUT2D eigenvalue weighted by molar-refractivity contribution is 6.02. The molecule has 0 heterocycles. The highest BCUT2D eigenvalue weighted by atomic mass is 16.6. The molecule has 0 spiro atoms. The molecule has 0 bridgehead atoms. The number of rotatable bonds is 12. The van der Waals surface area contributed by atoms with Crippen LogP contribution in [0.3, 0.4) is 0 Å². The molecule has 0 aromatic heterocycles. The van der Waals surface area contributed by atoms with Crippen molar-refractivity contribution in [1.29, 1.82) is 0 Å². The predicted octanol–water partition coefficient (Wildman–Crippen LogP) is 3.65. The van der Waals surface area contributed by atoms with E-state index in [0.29, 0.717) is 5.56 Å². The fourth-order valence-electron chi connectivity index (χ4n) is 4.09. The number of carbonyl (C=O) groups excluding carboxylic acids is 5. The first-order valence-corrected chi connectivity index (χ1v) is 13.5. The van der Waals surface area contributed by atoms with Crippen molar-refractivity contribution in [1.82, 2.24) is 0 Å². The summed E-state index contributed by atoms with van der Waals surface area (Å²) in [5.74, 6) is -6.76. The van der Waals surface area contributed by atoms with Crippen LogP contribution in [0, 0.1) is 13.8 Å². The van der Waals surface area contributed by atoms with Crippen LogP contribution >= 0.6 is 0 Å². The molecule has 0 saturated carbocycles. The number of carboxylic acid groups (broad SMARTS) is 1. The number of ether oxygens (including phenoxy) is 6. The van der Waals surface area contributed by atoms with Gasteiger partial charge in [0.25, 0.3) is 5.91 Å². The summed E-state index contributed by atoms with van der Waals surface area (Å²) in [5.41, 5.74) is 1.35. The molecule has 0 unspecified atom stereocenters. The molecule has 0 fully saturated rings. The Kier molecular flexibility index (Phi) is 11.4. The van der Waals surface area contributed by atoms with Crippen LogP contribution in [0.2, 0.25) is 0 Å². The van der Waals surface area contributed by atoms with Gasteiger partial charge in [-0.1, -0.05) is 17.7 Å². The third-order valence-corrected chi connectivity index (χ3v) is 6.19. The number of amides is 1. The molecule has 0 radical (unpaired) electrons. The highest BCUT2D eigenvalue weighted by Crippen LogP contribution is 2.30. The van der Waals surface area contributed by atoms with Crippen LogP contribution in [0.15, 0.2) is 54.6 Å². The van der Waals surface area contributed by atoms with E-state index in [9.17, 15) is 33.9 Å². The van der Waals surface area contributed by atoms with Crippen molar-refractivity contribution in [2.75, 3.05) is 19.5 Å². The topological polar surface area (TPSA) is 190 Å². The lowest BCUT2D eigenvalue weighted by atomic mass is 10.1. The molecule has 0 aliphatic heterocycles. The van der Waals surface area contributed by atoms with Crippen LogP contribution in [0.25, 0.3) is 0 Å². The lowest BCUT2D eigenvalue weighted by molar-refractivity contribution is -0.157. The average molecular weight is 638 g/mol. The van der Waals surface area contributed by atoms with Crippen molar-refractivity contribution >= 4 is 41.4 Å². The van der Waals surface area contributed by atoms with Crippen molar-refractivity contribution in [3.05, 3.63) is 76.9 Å². The summed E-state index contributed by atoms with van der Waals surface area (Å²) in [6.45, 7) is 5.85. The second kappa shape index (κ2) is 15.2. The quantitative estimate of drug-likeness (QED) is 0.216. The molecule has 2 N–H and O–H groups in total. The summed E-state index contributed by atoms with van der Waals surface area (Å²) in [4.78, 5) is 75.1. The number of aryl methyl sites for hydroxylation is 2. The van der Waals surface area contributed by atoms with Crippen molar-refractivity contribution in [2.45, 2.75) is 39.9 Å². The van der Waals surface area contributed by atoms with Gasteiger partial charge in [0.05, 0.1) is 25.3 Å². The van der Waals surface area contributed by atoms with Crippen molar-refractivity contribution in [3.8, 4) is 23.0 Å². The van der Waals surface area contributed by atoms with Gasteiger partial charge >= 0.3 is 29.8 Å². The first-order valence-electron chi connectivity index (χ1n) is 13.5. The van der Waals surface area contributed by atoms with E-state index in [1.807, 2.05) is 6.92 Å². The van der Waals surface area contributed by atoms with Gasteiger partial charge in [-0.15, -0.1) is 0 Å². The zero-order valence-corrected chi connectivity index (χ0v) is 25.7. The molecule has 14 heteroatoms. The number of methoxy groups -OCH3 is 2. The van der Waals surface area contributed by atoms with Gasteiger partial charge < -0.3 is 38.8 Å². The number of hydrogen-bond donors (Lipinski definition) is 2. The zero-order valence-electron chi connectivity index (χ0n) is 25.7. The molecule has 3 rings (SSSR count). The van der Waals surface area contributed by atoms with E-state index < -0.39 is 48.0 Å². The van der Waals surface area contributed by atoms with Crippen LogP contribution < -0.4 is 24.3 Å². The minimum absolute atomic E-state index is 0.0109. The Labute approximate surface area is 263 Å². The van der Waals surface area contributed by atoms with Crippen LogP contribution in [0.5, 0.6) is 23.0 Å². The van der Waals surface area contributed by atoms with E-state index in [1.165, 1.54) is 38.5 Å².